The summed E-state index contributed by atoms with van der Waals surface area (Å²) in [4.78, 5) is 25.0. The van der Waals surface area contributed by atoms with Crippen molar-refractivity contribution in [1.82, 2.24) is 10.6 Å². The zero-order valence-corrected chi connectivity index (χ0v) is 15.7. The van der Waals surface area contributed by atoms with Gasteiger partial charge in [-0.25, -0.2) is 4.39 Å². The molecule has 0 bridgehead atoms. The summed E-state index contributed by atoms with van der Waals surface area (Å²) in [7, 11) is 0. The lowest BCUT2D eigenvalue weighted by Gasteiger charge is -2.21. The second-order valence-electron chi connectivity index (χ2n) is 5.96. The molecule has 2 aromatic rings. The van der Waals surface area contributed by atoms with Crippen molar-refractivity contribution < 1.29 is 14.0 Å². The third kappa shape index (κ3) is 5.88. The van der Waals surface area contributed by atoms with Crippen LogP contribution in [0.3, 0.4) is 0 Å². The monoisotopic (exact) mass is 374 g/mol. The molecule has 2 N–H and O–H groups in total. The Bertz CT molecular complexity index is 722. The third-order valence-electron chi connectivity index (χ3n) is 4.00. The molecule has 26 heavy (non-hydrogen) atoms. The number of benzene rings is 2. The van der Waals surface area contributed by atoms with E-state index in [1.807, 2.05) is 19.2 Å². The third-order valence-corrected chi connectivity index (χ3v) is 4.64. The average Bonchev–Trinajstić information content (AvgIpc) is 2.66. The van der Waals surface area contributed by atoms with Crippen LogP contribution in [-0.4, -0.2) is 29.9 Å². The van der Waals surface area contributed by atoms with Crippen LogP contribution in [-0.2, 0) is 4.79 Å². The first-order valence-electron chi connectivity index (χ1n) is 8.42. The lowest BCUT2D eigenvalue weighted by Crippen LogP contribution is -2.47. The maximum absolute atomic E-state index is 13.0. The Balaban J connectivity index is 2.03. The standard InChI is InChI=1S/C20H23FN2O2S/c1-14(15-8-10-17(21)11-9-15)22-20(25)18(12-13-26-2)23-19(24)16-6-4-3-5-7-16/h3-11,14,18H,12-13H2,1-2H3,(H,22,25)(H,23,24). The van der Waals surface area contributed by atoms with Crippen molar-refractivity contribution in [3.05, 3.63) is 71.5 Å². The first-order valence-corrected chi connectivity index (χ1v) is 9.81. The Labute approximate surface area is 157 Å². The number of thioether (sulfide) groups is 1. The highest BCUT2D eigenvalue weighted by atomic mass is 32.2. The van der Waals surface area contributed by atoms with Crippen LogP contribution >= 0.6 is 11.8 Å². The van der Waals surface area contributed by atoms with Gasteiger partial charge < -0.3 is 10.6 Å². The fourth-order valence-electron chi connectivity index (χ4n) is 2.48. The summed E-state index contributed by atoms with van der Waals surface area (Å²) < 4.78 is 13.0. The Morgan fingerprint density at radius 1 is 1.04 bits per heavy atom. The Morgan fingerprint density at radius 3 is 2.31 bits per heavy atom. The molecule has 138 valence electrons. The molecule has 0 fully saturated rings. The molecule has 6 heteroatoms. The number of halogens is 1. The zero-order valence-electron chi connectivity index (χ0n) is 14.9. The minimum absolute atomic E-state index is 0.250. The van der Waals surface area contributed by atoms with Gasteiger partial charge in [-0.05, 0) is 55.2 Å². The number of hydrogen-bond donors (Lipinski definition) is 2. The summed E-state index contributed by atoms with van der Waals surface area (Å²) in [6.07, 6.45) is 2.48. The fourth-order valence-corrected chi connectivity index (χ4v) is 2.96. The molecule has 2 amide bonds. The Kier molecular flexibility index (Phi) is 7.66. The first-order chi connectivity index (χ1) is 12.5. The second kappa shape index (κ2) is 9.97. The molecular formula is C20H23FN2O2S. The van der Waals surface area contributed by atoms with Gasteiger partial charge in [0.25, 0.3) is 5.91 Å². The quantitative estimate of drug-likeness (QED) is 0.743. The minimum Gasteiger partial charge on any atom is -0.348 e. The van der Waals surface area contributed by atoms with Crippen molar-refractivity contribution in [2.75, 3.05) is 12.0 Å². The predicted molar refractivity (Wildman–Crippen MR) is 104 cm³/mol. The first kappa shape index (κ1) is 20.0. The van der Waals surface area contributed by atoms with Crippen molar-refractivity contribution >= 4 is 23.6 Å². The van der Waals surface area contributed by atoms with Gasteiger partial charge in [-0.15, -0.1) is 0 Å². The number of amides is 2. The molecule has 0 aliphatic heterocycles. The van der Waals surface area contributed by atoms with Gasteiger partial charge in [0.15, 0.2) is 0 Å². The van der Waals surface area contributed by atoms with Crippen LogP contribution in [0.25, 0.3) is 0 Å². The number of hydrogen-bond acceptors (Lipinski definition) is 3. The molecule has 2 rings (SSSR count). The average molecular weight is 374 g/mol. The van der Waals surface area contributed by atoms with Gasteiger partial charge in [-0.2, -0.15) is 11.8 Å². The predicted octanol–water partition coefficient (Wildman–Crippen LogP) is 3.55. The molecule has 0 aliphatic rings. The van der Waals surface area contributed by atoms with Gasteiger partial charge in [0, 0.05) is 5.56 Å². The van der Waals surface area contributed by atoms with Gasteiger partial charge in [0.05, 0.1) is 6.04 Å². The van der Waals surface area contributed by atoms with E-state index < -0.39 is 6.04 Å². The highest BCUT2D eigenvalue weighted by Crippen LogP contribution is 2.14. The lowest BCUT2D eigenvalue weighted by molar-refractivity contribution is -0.123. The molecular weight excluding hydrogens is 351 g/mol. The molecule has 0 saturated heterocycles. The summed E-state index contributed by atoms with van der Waals surface area (Å²) >= 11 is 1.61. The van der Waals surface area contributed by atoms with Crippen molar-refractivity contribution in [3.8, 4) is 0 Å². The molecule has 4 nitrogen and oxygen atoms in total. The van der Waals surface area contributed by atoms with Crippen LogP contribution in [0.1, 0.15) is 35.3 Å². The van der Waals surface area contributed by atoms with Crippen molar-refractivity contribution in [2.45, 2.75) is 25.4 Å². The summed E-state index contributed by atoms with van der Waals surface area (Å²) in [6.45, 7) is 1.83. The molecule has 0 heterocycles. The number of carbonyl (C=O) groups is 2. The molecule has 2 aromatic carbocycles. The summed E-state index contributed by atoms with van der Waals surface area (Å²) in [5.74, 6) is -0.0976. The topological polar surface area (TPSA) is 58.2 Å². The minimum atomic E-state index is -0.627. The SMILES string of the molecule is CSCCC(NC(=O)c1ccccc1)C(=O)NC(C)c1ccc(F)cc1. The fraction of sp³-hybridized carbons (Fsp3) is 0.300. The molecule has 0 aromatic heterocycles. The summed E-state index contributed by atoms with van der Waals surface area (Å²) in [6, 6.07) is 13.9. The highest BCUT2D eigenvalue weighted by Gasteiger charge is 2.22. The second-order valence-corrected chi connectivity index (χ2v) is 6.94. The molecule has 0 spiro atoms. The molecule has 0 aliphatic carbocycles. The molecule has 2 unspecified atom stereocenters. The lowest BCUT2D eigenvalue weighted by atomic mass is 10.1. The summed E-state index contributed by atoms with van der Waals surface area (Å²) in [5.41, 5.74) is 1.32. The van der Waals surface area contributed by atoms with Crippen LogP contribution in [0, 0.1) is 5.82 Å². The van der Waals surface area contributed by atoms with Gasteiger partial charge in [-0.1, -0.05) is 30.3 Å². The van der Waals surface area contributed by atoms with E-state index in [2.05, 4.69) is 10.6 Å². The number of carbonyl (C=O) groups excluding carboxylic acids is 2. The van der Waals surface area contributed by atoms with E-state index >= 15 is 0 Å². The van der Waals surface area contributed by atoms with E-state index in [4.69, 9.17) is 0 Å². The van der Waals surface area contributed by atoms with Crippen molar-refractivity contribution in [2.24, 2.45) is 0 Å². The van der Waals surface area contributed by atoms with E-state index in [9.17, 15) is 14.0 Å². The maximum Gasteiger partial charge on any atom is 0.251 e. The van der Waals surface area contributed by atoms with E-state index in [0.29, 0.717) is 12.0 Å². The van der Waals surface area contributed by atoms with Gasteiger partial charge in [0.1, 0.15) is 11.9 Å². The zero-order chi connectivity index (χ0) is 18.9. The van der Waals surface area contributed by atoms with Crippen molar-refractivity contribution in [1.29, 1.82) is 0 Å². The van der Waals surface area contributed by atoms with E-state index in [-0.39, 0.29) is 23.7 Å². The smallest absolute Gasteiger partial charge is 0.251 e. The molecule has 2 atom stereocenters. The van der Waals surface area contributed by atoms with Crippen LogP contribution < -0.4 is 10.6 Å². The number of rotatable bonds is 8. The van der Waals surface area contributed by atoms with Crippen LogP contribution in [0.5, 0.6) is 0 Å². The van der Waals surface area contributed by atoms with Gasteiger partial charge in [0.2, 0.25) is 5.91 Å². The van der Waals surface area contributed by atoms with E-state index in [1.54, 1.807) is 48.2 Å². The Morgan fingerprint density at radius 2 is 1.69 bits per heavy atom. The van der Waals surface area contributed by atoms with E-state index in [0.717, 1.165) is 11.3 Å². The van der Waals surface area contributed by atoms with E-state index in [1.165, 1.54) is 12.1 Å². The summed E-state index contributed by atoms with van der Waals surface area (Å²) in [5, 5.41) is 5.71. The normalized spacial score (nSPS) is 12.9. The molecule has 0 saturated carbocycles. The van der Waals surface area contributed by atoms with Crippen LogP contribution in [0.4, 0.5) is 4.39 Å². The highest BCUT2D eigenvalue weighted by molar-refractivity contribution is 7.98. The van der Waals surface area contributed by atoms with Gasteiger partial charge in [-0.3, -0.25) is 9.59 Å². The molecule has 0 radical (unpaired) electrons. The maximum atomic E-state index is 13.0. The van der Waals surface area contributed by atoms with Gasteiger partial charge >= 0.3 is 0 Å². The van der Waals surface area contributed by atoms with Crippen LogP contribution in [0.2, 0.25) is 0 Å². The van der Waals surface area contributed by atoms with Crippen molar-refractivity contribution in [3.63, 3.8) is 0 Å². The van der Waals surface area contributed by atoms with Crippen LogP contribution in [0.15, 0.2) is 54.6 Å². The largest absolute Gasteiger partial charge is 0.348 e. The Hall–Kier alpha value is -2.34. The number of nitrogens with one attached hydrogen (secondary N) is 2.